The van der Waals surface area contributed by atoms with Crippen LogP contribution in [0.2, 0.25) is 0 Å². The third kappa shape index (κ3) is 5.38. The SMILES string of the molecule is CCN(CCCCC(=O)OC)[C@@H](C)c1ccccc1OC. The van der Waals surface area contributed by atoms with E-state index >= 15 is 0 Å². The molecule has 1 atom stereocenters. The number of carbonyl (C=O) groups is 1. The summed E-state index contributed by atoms with van der Waals surface area (Å²) in [5, 5.41) is 0. The average Bonchev–Trinajstić information content (AvgIpc) is 2.54. The van der Waals surface area contributed by atoms with Gasteiger partial charge in [-0.3, -0.25) is 9.69 Å². The van der Waals surface area contributed by atoms with Crippen LogP contribution in [0.1, 0.15) is 44.7 Å². The molecule has 1 rings (SSSR count). The van der Waals surface area contributed by atoms with E-state index in [-0.39, 0.29) is 5.97 Å². The first-order valence-electron chi connectivity index (χ1n) is 7.57. The van der Waals surface area contributed by atoms with Gasteiger partial charge in [-0.15, -0.1) is 0 Å². The fourth-order valence-corrected chi connectivity index (χ4v) is 2.52. The van der Waals surface area contributed by atoms with Crippen LogP contribution in [0.3, 0.4) is 0 Å². The molecule has 118 valence electrons. The minimum absolute atomic E-state index is 0.129. The molecule has 0 heterocycles. The number of rotatable bonds is 9. The van der Waals surface area contributed by atoms with Gasteiger partial charge in [0.2, 0.25) is 0 Å². The molecule has 0 aromatic heterocycles. The number of unbranched alkanes of at least 4 members (excludes halogenated alkanes) is 1. The Morgan fingerprint density at radius 3 is 2.57 bits per heavy atom. The normalized spacial score (nSPS) is 12.2. The lowest BCUT2D eigenvalue weighted by atomic mass is 10.0. The first kappa shape index (κ1) is 17.5. The van der Waals surface area contributed by atoms with Crippen molar-refractivity contribution in [3.63, 3.8) is 0 Å². The molecule has 0 unspecified atom stereocenters. The predicted molar refractivity (Wildman–Crippen MR) is 84.5 cm³/mol. The Balaban J connectivity index is 2.56. The van der Waals surface area contributed by atoms with Crippen molar-refractivity contribution < 1.29 is 14.3 Å². The molecule has 1 aromatic rings. The molecule has 4 nitrogen and oxygen atoms in total. The number of benzene rings is 1. The zero-order chi connectivity index (χ0) is 15.7. The topological polar surface area (TPSA) is 38.8 Å². The lowest BCUT2D eigenvalue weighted by Gasteiger charge is -2.29. The van der Waals surface area contributed by atoms with E-state index in [9.17, 15) is 4.79 Å². The summed E-state index contributed by atoms with van der Waals surface area (Å²) in [4.78, 5) is 13.5. The van der Waals surface area contributed by atoms with Gasteiger partial charge in [-0.2, -0.15) is 0 Å². The van der Waals surface area contributed by atoms with Crippen LogP contribution < -0.4 is 4.74 Å². The summed E-state index contributed by atoms with van der Waals surface area (Å²) in [6.07, 6.45) is 2.35. The van der Waals surface area contributed by atoms with E-state index in [1.54, 1.807) is 7.11 Å². The minimum atomic E-state index is -0.129. The predicted octanol–water partition coefficient (Wildman–Crippen LogP) is 3.42. The highest BCUT2D eigenvalue weighted by Crippen LogP contribution is 2.28. The van der Waals surface area contributed by atoms with Crippen molar-refractivity contribution in [2.75, 3.05) is 27.3 Å². The summed E-state index contributed by atoms with van der Waals surface area (Å²) < 4.78 is 10.1. The summed E-state index contributed by atoms with van der Waals surface area (Å²) in [5.41, 5.74) is 1.20. The van der Waals surface area contributed by atoms with Crippen LogP contribution in [0.4, 0.5) is 0 Å². The number of hydrogen-bond donors (Lipinski definition) is 0. The van der Waals surface area contributed by atoms with Gasteiger partial charge in [0.25, 0.3) is 0 Å². The van der Waals surface area contributed by atoms with Gasteiger partial charge in [0.1, 0.15) is 5.75 Å². The maximum atomic E-state index is 11.1. The van der Waals surface area contributed by atoms with E-state index in [2.05, 4.69) is 29.6 Å². The van der Waals surface area contributed by atoms with Crippen molar-refractivity contribution in [3.05, 3.63) is 29.8 Å². The van der Waals surface area contributed by atoms with Gasteiger partial charge in [0, 0.05) is 18.0 Å². The molecule has 1 aromatic carbocycles. The number of ether oxygens (including phenoxy) is 2. The van der Waals surface area contributed by atoms with Gasteiger partial charge < -0.3 is 9.47 Å². The van der Waals surface area contributed by atoms with Crippen molar-refractivity contribution in [2.45, 2.75) is 39.2 Å². The van der Waals surface area contributed by atoms with Crippen molar-refractivity contribution in [1.29, 1.82) is 0 Å². The van der Waals surface area contributed by atoms with Crippen LogP contribution in [0.5, 0.6) is 5.75 Å². The number of para-hydroxylation sites is 1. The quantitative estimate of drug-likeness (QED) is 0.516. The van der Waals surface area contributed by atoms with Crippen LogP contribution >= 0.6 is 0 Å². The first-order chi connectivity index (χ1) is 10.1. The Labute approximate surface area is 128 Å². The molecular formula is C17H27NO3. The Morgan fingerprint density at radius 2 is 1.95 bits per heavy atom. The van der Waals surface area contributed by atoms with Crippen LogP contribution in [0.15, 0.2) is 24.3 Å². The van der Waals surface area contributed by atoms with Crippen molar-refractivity contribution >= 4 is 5.97 Å². The van der Waals surface area contributed by atoms with Gasteiger partial charge in [-0.05, 0) is 38.9 Å². The van der Waals surface area contributed by atoms with Gasteiger partial charge in [-0.1, -0.05) is 25.1 Å². The highest BCUT2D eigenvalue weighted by atomic mass is 16.5. The molecule has 0 aliphatic heterocycles. The molecule has 21 heavy (non-hydrogen) atoms. The minimum Gasteiger partial charge on any atom is -0.496 e. The number of methoxy groups -OCH3 is 2. The fourth-order valence-electron chi connectivity index (χ4n) is 2.52. The zero-order valence-electron chi connectivity index (χ0n) is 13.6. The van der Waals surface area contributed by atoms with E-state index in [1.807, 2.05) is 18.2 Å². The van der Waals surface area contributed by atoms with E-state index in [0.717, 1.165) is 31.7 Å². The van der Waals surface area contributed by atoms with Gasteiger partial charge in [0.15, 0.2) is 0 Å². The van der Waals surface area contributed by atoms with Crippen LogP contribution in [-0.2, 0) is 9.53 Å². The molecule has 0 saturated heterocycles. The highest BCUT2D eigenvalue weighted by molar-refractivity contribution is 5.68. The van der Waals surface area contributed by atoms with E-state index in [1.165, 1.54) is 12.7 Å². The molecule has 0 spiro atoms. The van der Waals surface area contributed by atoms with Crippen molar-refractivity contribution in [3.8, 4) is 5.75 Å². The summed E-state index contributed by atoms with van der Waals surface area (Å²) in [5.74, 6) is 0.800. The number of nitrogens with zero attached hydrogens (tertiary/aromatic N) is 1. The Morgan fingerprint density at radius 1 is 1.24 bits per heavy atom. The highest BCUT2D eigenvalue weighted by Gasteiger charge is 2.17. The van der Waals surface area contributed by atoms with Crippen LogP contribution in [0.25, 0.3) is 0 Å². The lowest BCUT2D eigenvalue weighted by Crippen LogP contribution is -2.28. The molecule has 0 fully saturated rings. The molecule has 0 radical (unpaired) electrons. The van der Waals surface area contributed by atoms with E-state index in [0.29, 0.717) is 12.5 Å². The molecule has 0 amide bonds. The maximum absolute atomic E-state index is 11.1. The van der Waals surface area contributed by atoms with Gasteiger partial charge in [0.05, 0.1) is 14.2 Å². The molecule has 0 N–H and O–H groups in total. The maximum Gasteiger partial charge on any atom is 0.305 e. The monoisotopic (exact) mass is 293 g/mol. The summed E-state index contributed by atoms with van der Waals surface area (Å²) in [6.45, 7) is 6.29. The molecular weight excluding hydrogens is 266 g/mol. The van der Waals surface area contributed by atoms with E-state index < -0.39 is 0 Å². The Kier molecular flexibility index (Phi) is 7.83. The fraction of sp³-hybridized carbons (Fsp3) is 0.588. The zero-order valence-corrected chi connectivity index (χ0v) is 13.6. The molecule has 0 aliphatic carbocycles. The summed E-state index contributed by atoms with van der Waals surface area (Å²) in [6, 6.07) is 8.43. The lowest BCUT2D eigenvalue weighted by molar-refractivity contribution is -0.140. The standard InChI is InChI=1S/C17H27NO3/c1-5-18(13-9-8-12-17(19)21-4)14(2)15-10-6-7-11-16(15)20-3/h6-7,10-11,14H,5,8-9,12-13H2,1-4H3/t14-/m0/s1. The Bertz CT molecular complexity index is 434. The second-order valence-corrected chi connectivity index (χ2v) is 5.08. The third-order valence-electron chi connectivity index (χ3n) is 3.85. The van der Waals surface area contributed by atoms with Crippen molar-refractivity contribution in [2.24, 2.45) is 0 Å². The van der Waals surface area contributed by atoms with Crippen molar-refractivity contribution in [1.82, 2.24) is 4.90 Å². The molecule has 0 aliphatic rings. The molecule has 4 heteroatoms. The summed E-state index contributed by atoms with van der Waals surface area (Å²) >= 11 is 0. The summed E-state index contributed by atoms with van der Waals surface area (Å²) in [7, 11) is 3.14. The second-order valence-electron chi connectivity index (χ2n) is 5.08. The first-order valence-corrected chi connectivity index (χ1v) is 7.57. The molecule has 0 saturated carbocycles. The third-order valence-corrected chi connectivity index (χ3v) is 3.85. The van der Waals surface area contributed by atoms with Crippen LogP contribution in [-0.4, -0.2) is 38.2 Å². The van der Waals surface area contributed by atoms with Crippen LogP contribution in [0, 0.1) is 0 Å². The van der Waals surface area contributed by atoms with Gasteiger partial charge >= 0.3 is 5.97 Å². The molecule has 0 bridgehead atoms. The largest absolute Gasteiger partial charge is 0.496 e. The number of hydrogen-bond acceptors (Lipinski definition) is 4. The smallest absolute Gasteiger partial charge is 0.305 e. The second kappa shape index (κ2) is 9.40. The number of esters is 1. The average molecular weight is 293 g/mol. The number of carbonyl (C=O) groups excluding carboxylic acids is 1. The Hall–Kier alpha value is -1.55. The van der Waals surface area contributed by atoms with E-state index in [4.69, 9.17) is 4.74 Å². The van der Waals surface area contributed by atoms with Gasteiger partial charge in [-0.25, -0.2) is 0 Å².